The van der Waals surface area contributed by atoms with Gasteiger partial charge in [-0.25, -0.2) is 14.2 Å². The van der Waals surface area contributed by atoms with E-state index in [4.69, 9.17) is 9.72 Å². The Bertz CT molecular complexity index is 3100. The fraction of sp³-hybridized carbons (Fsp3) is 0.491. The van der Waals surface area contributed by atoms with E-state index in [-0.39, 0.29) is 130 Å². The summed E-state index contributed by atoms with van der Waals surface area (Å²) in [5.41, 5.74) is 2.21. The number of carbonyl (C=O) groups is 9. The summed E-state index contributed by atoms with van der Waals surface area (Å²) in [5.74, 6) is -5.70. The molecule has 1 aliphatic carbocycles. The van der Waals surface area contributed by atoms with Gasteiger partial charge in [0.05, 0.1) is 48.1 Å². The van der Waals surface area contributed by atoms with Crippen LogP contribution in [0.25, 0.3) is 22.3 Å². The van der Waals surface area contributed by atoms with Gasteiger partial charge in [-0.05, 0) is 80.2 Å². The highest BCUT2D eigenvalue weighted by Gasteiger charge is 2.46. The van der Waals surface area contributed by atoms with Crippen LogP contribution in [0.1, 0.15) is 143 Å². The van der Waals surface area contributed by atoms with Gasteiger partial charge >= 0.3 is 5.97 Å². The normalized spacial score (nSPS) is 19.1. The van der Waals surface area contributed by atoms with Crippen LogP contribution < -0.4 is 21.5 Å². The molecule has 19 heteroatoms. The van der Waals surface area contributed by atoms with E-state index >= 15 is 4.39 Å². The van der Waals surface area contributed by atoms with E-state index in [1.54, 1.807) is 45.9 Å². The second-order valence-electron chi connectivity index (χ2n) is 20.9. The number of aryl methyl sites for hydroxylation is 1. The van der Waals surface area contributed by atoms with Crippen LogP contribution in [0.2, 0.25) is 0 Å². The standard InChI is InChI=1S/C57H65FN6O12/c1-5-57(75)42-25-46-51-40(29-64(46)55(73)41(42)30-76-56(57)74)50-44(19-18-39-33(4)43(58)26-45(61-51)49(39)50)62-52(70)31(2)15-16-37(66)27-60-53(71)35(23-34-12-8-6-9-13-34)24-38(67)28-59-47(68)20-17-36(65)14-10-7-11-21-63-48(69)22-32(3)54(63)72/h6,8-9,12-13,25-26,31-32,35,44,75H,5,7,10-11,14-24,27-30H2,1-4H3,(H,59,68)(H,60,71)(H,62,70)/t31-,32?,35+,44-,57-/m0/s1. The smallest absolute Gasteiger partial charge is 0.343 e. The van der Waals surface area contributed by atoms with E-state index in [9.17, 15) is 53.1 Å². The first-order valence-electron chi connectivity index (χ1n) is 26.4. The molecule has 2 aromatic carbocycles. The molecular weight excluding hydrogens is 980 g/mol. The molecule has 0 saturated carbocycles. The Morgan fingerprint density at radius 2 is 1.64 bits per heavy atom. The first-order valence-corrected chi connectivity index (χ1v) is 26.4. The predicted octanol–water partition coefficient (Wildman–Crippen LogP) is 4.97. The number of ether oxygens (including phenoxy) is 1. The number of esters is 1. The summed E-state index contributed by atoms with van der Waals surface area (Å²) in [5, 5.41) is 20.5. The predicted molar refractivity (Wildman–Crippen MR) is 274 cm³/mol. The minimum Gasteiger partial charge on any atom is -0.458 e. The summed E-state index contributed by atoms with van der Waals surface area (Å²) >= 11 is 0. The number of hydrogen-bond acceptors (Lipinski definition) is 13. The molecule has 76 heavy (non-hydrogen) atoms. The number of ketones is 3. The fourth-order valence-electron chi connectivity index (χ4n) is 11.0. The number of amides is 5. The Labute approximate surface area is 438 Å². The summed E-state index contributed by atoms with van der Waals surface area (Å²) in [7, 11) is 0. The SMILES string of the molecule is CC[C@@]1(O)C(=O)OCc2c1cc1n(c2=O)Cc2c-1nc1cc(F)c(C)c3c1c2[C@@H](NC(=O)[C@@H](C)CCC(=O)CNC(=O)[C@@H](CC(=O)CNC(=O)CCC(=O)CCCCCN1C(=O)CC(C)C1=O)Cc1ccccc1)CC3. The number of rotatable bonds is 24. The van der Waals surface area contributed by atoms with Crippen LogP contribution in [0, 0.1) is 30.5 Å². The Balaban J connectivity index is 0.833. The zero-order valence-corrected chi connectivity index (χ0v) is 43.4. The van der Waals surface area contributed by atoms with Gasteiger partial charge in [-0.1, -0.05) is 57.5 Å². The van der Waals surface area contributed by atoms with Crippen molar-refractivity contribution in [3.63, 3.8) is 0 Å². The van der Waals surface area contributed by atoms with Crippen molar-refractivity contribution in [2.24, 2.45) is 17.8 Å². The Kier molecular flexibility index (Phi) is 16.9. The van der Waals surface area contributed by atoms with Gasteiger partial charge in [-0.15, -0.1) is 0 Å². The van der Waals surface area contributed by atoms with Crippen molar-refractivity contribution < 1.29 is 57.4 Å². The van der Waals surface area contributed by atoms with Crippen molar-refractivity contribution in [1.82, 2.24) is 30.4 Å². The van der Waals surface area contributed by atoms with Gasteiger partial charge in [0.25, 0.3) is 5.56 Å². The van der Waals surface area contributed by atoms with Gasteiger partial charge in [0, 0.05) is 85.4 Å². The van der Waals surface area contributed by atoms with Crippen LogP contribution in [-0.2, 0) is 79.5 Å². The maximum Gasteiger partial charge on any atom is 0.343 e. The number of nitrogens with zero attached hydrogens (tertiary/aromatic N) is 3. The van der Waals surface area contributed by atoms with Crippen molar-refractivity contribution in [3.8, 4) is 11.4 Å². The third-order valence-electron chi connectivity index (χ3n) is 15.5. The molecule has 2 aromatic heterocycles. The average Bonchev–Trinajstić information content (AvgIpc) is 3.98. The lowest BCUT2D eigenvalue weighted by atomic mass is 9.81. The first-order chi connectivity index (χ1) is 36.3. The van der Waals surface area contributed by atoms with Crippen LogP contribution in [0.4, 0.5) is 4.39 Å². The summed E-state index contributed by atoms with van der Waals surface area (Å²) in [6.07, 6.45) is 3.00. The molecular formula is C57H65FN6O12. The number of pyridine rings is 2. The maximum absolute atomic E-state index is 15.4. The number of unbranched alkanes of at least 4 members (excludes halogenated alkanes) is 2. The molecule has 4 aliphatic rings. The highest BCUT2D eigenvalue weighted by molar-refractivity contribution is 6.03. The lowest BCUT2D eigenvalue weighted by Gasteiger charge is -2.31. The van der Waals surface area contributed by atoms with E-state index in [1.165, 1.54) is 15.5 Å². The molecule has 18 nitrogen and oxygen atoms in total. The number of imide groups is 1. The van der Waals surface area contributed by atoms with Gasteiger partial charge in [0.1, 0.15) is 18.2 Å². The number of cyclic esters (lactones) is 1. The van der Waals surface area contributed by atoms with Crippen molar-refractivity contribution in [2.45, 2.75) is 142 Å². The lowest BCUT2D eigenvalue weighted by molar-refractivity contribution is -0.172. The first kappa shape index (κ1) is 55.0. The molecule has 8 rings (SSSR count). The van der Waals surface area contributed by atoms with E-state index < -0.39 is 58.4 Å². The molecule has 4 aromatic rings. The molecule has 1 unspecified atom stereocenters. The van der Waals surface area contributed by atoms with E-state index in [1.807, 2.05) is 18.2 Å². The number of aliphatic hydroxyl groups is 1. The molecule has 5 atom stereocenters. The van der Waals surface area contributed by atoms with Gasteiger partial charge in [0.15, 0.2) is 17.2 Å². The zero-order chi connectivity index (χ0) is 54.6. The second-order valence-corrected chi connectivity index (χ2v) is 20.9. The minimum absolute atomic E-state index is 0.0106. The van der Waals surface area contributed by atoms with Gasteiger partial charge in [0.2, 0.25) is 29.5 Å². The van der Waals surface area contributed by atoms with E-state index in [0.717, 1.165) is 11.1 Å². The molecule has 1 fully saturated rings. The fourth-order valence-corrected chi connectivity index (χ4v) is 11.0. The molecule has 5 heterocycles. The largest absolute Gasteiger partial charge is 0.458 e. The number of hydrogen-bond donors (Lipinski definition) is 4. The summed E-state index contributed by atoms with van der Waals surface area (Å²) in [6.45, 7) is 6.13. The number of nitrogens with one attached hydrogen (secondary N) is 3. The van der Waals surface area contributed by atoms with E-state index in [2.05, 4.69) is 16.0 Å². The molecule has 0 spiro atoms. The summed E-state index contributed by atoms with van der Waals surface area (Å²) in [4.78, 5) is 136. The molecule has 0 radical (unpaired) electrons. The Hall–Kier alpha value is -7.28. The molecule has 4 N–H and O–H groups in total. The van der Waals surface area contributed by atoms with Crippen molar-refractivity contribution >= 4 is 63.8 Å². The molecule has 402 valence electrons. The number of benzene rings is 2. The third kappa shape index (κ3) is 11.6. The summed E-state index contributed by atoms with van der Waals surface area (Å²) in [6, 6.07) is 11.4. The van der Waals surface area contributed by atoms with Gasteiger partial charge in [-0.2, -0.15) is 0 Å². The lowest BCUT2D eigenvalue weighted by Crippen LogP contribution is -2.44. The van der Waals surface area contributed by atoms with Crippen molar-refractivity contribution in [3.05, 3.63) is 97.6 Å². The second kappa shape index (κ2) is 23.3. The number of Topliss-reactive ketones (excluding diaryl/α,β-unsaturated/α-hetero) is 3. The number of carbonyl (C=O) groups excluding carboxylic acids is 9. The highest BCUT2D eigenvalue weighted by atomic mass is 19.1. The topological polar surface area (TPSA) is 257 Å². The molecule has 0 bridgehead atoms. The molecule has 1 saturated heterocycles. The van der Waals surface area contributed by atoms with Crippen molar-refractivity contribution in [2.75, 3.05) is 19.6 Å². The van der Waals surface area contributed by atoms with Crippen molar-refractivity contribution in [1.29, 1.82) is 0 Å². The molecule has 5 amide bonds. The van der Waals surface area contributed by atoms with Crippen LogP contribution >= 0.6 is 0 Å². The average molecular weight is 1050 g/mol. The highest BCUT2D eigenvalue weighted by Crippen LogP contribution is 2.46. The Morgan fingerprint density at radius 1 is 0.895 bits per heavy atom. The van der Waals surface area contributed by atoms with E-state index in [0.29, 0.717) is 77.6 Å². The molecule has 3 aliphatic heterocycles. The Morgan fingerprint density at radius 3 is 2.37 bits per heavy atom. The van der Waals surface area contributed by atoms with Crippen LogP contribution in [0.3, 0.4) is 0 Å². The maximum atomic E-state index is 15.4. The zero-order valence-electron chi connectivity index (χ0n) is 43.4. The number of fused-ring (bicyclic) bond motifs is 5. The minimum atomic E-state index is -2.04. The van der Waals surface area contributed by atoms with Gasteiger partial charge in [-0.3, -0.25) is 48.1 Å². The quantitative estimate of drug-likeness (QED) is 0.0362. The number of aromatic nitrogens is 2. The monoisotopic (exact) mass is 1040 g/mol. The van der Waals surface area contributed by atoms with Crippen LogP contribution in [-0.4, -0.2) is 92.0 Å². The van der Waals surface area contributed by atoms with Gasteiger partial charge < -0.3 is 30.4 Å². The van der Waals surface area contributed by atoms with Crippen LogP contribution in [0.5, 0.6) is 0 Å². The van der Waals surface area contributed by atoms with Crippen LogP contribution in [0.15, 0.2) is 47.3 Å². The number of likely N-dealkylation sites (tertiary alicyclic amines) is 1. The number of halogens is 1. The third-order valence-corrected chi connectivity index (χ3v) is 15.5. The summed E-state index contributed by atoms with van der Waals surface area (Å²) < 4.78 is 22.2.